The van der Waals surface area contributed by atoms with Crippen LogP contribution in [0.3, 0.4) is 0 Å². The van der Waals surface area contributed by atoms with E-state index in [2.05, 4.69) is 84.9 Å². The Morgan fingerprint density at radius 2 is 1.44 bits per heavy atom. The van der Waals surface area contributed by atoms with Gasteiger partial charge in [0.05, 0.1) is 0 Å². The van der Waals surface area contributed by atoms with Gasteiger partial charge < -0.3 is 0 Å². The molecule has 0 saturated heterocycles. The molecule has 1 heteroatoms. The molecule has 2 aromatic carbocycles. The number of fused-ring (bicyclic) bond motifs is 3. The number of hydrogen-bond acceptors (Lipinski definition) is 0. The van der Waals surface area contributed by atoms with Crippen molar-refractivity contribution in [3.05, 3.63) is 78.7 Å². The minimum absolute atomic E-state index is 0.651. The van der Waals surface area contributed by atoms with Crippen LogP contribution in [0.4, 0.5) is 0 Å². The van der Waals surface area contributed by atoms with Crippen molar-refractivity contribution in [2.24, 2.45) is 0 Å². The van der Waals surface area contributed by atoms with E-state index in [1.165, 1.54) is 80.9 Å². The molecule has 2 aromatic rings. The van der Waals surface area contributed by atoms with Crippen LogP contribution in [-0.4, -0.2) is 3.21 Å². The summed E-state index contributed by atoms with van der Waals surface area (Å²) in [6.45, 7) is 16.5. The Bertz CT molecular complexity index is 1190. The first-order valence-electron chi connectivity index (χ1n) is 14.7. The monoisotopic (exact) mass is 558 g/mol. The molecule has 4 rings (SSSR count). The molecule has 0 bridgehead atoms. The summed E-state index contributed by atoms with van der Waals surface area (Å²) in [6.07, 6.45) is 20.4. The molecule has 36 heavy (non-hydrogen) atoms. The molecule has 2 aliphatic rings. The summed E-state index contributed by atoms with van der Waals surface area (Å²) in [7, 11) is 0. The van der Waals surface area contributed by atoms with Crippen molar-refractivity contribution < 1.29 is 21.3 Å². The molecule has 0 heterocycles. The first kappa shape index (κ1) is 27.7. The van der Waals surface area contributed by atoms with Gasteiger partial charge in [-0.05, 0) is 0 Å². The zero-order valence-corrected chi connectivity index (χ0v) is 26.6. The Kier molecular flexibility index (Phi) is 9.60. The number of unbranched alkanes of at least 4 members (excludes halogenated alkanes) is 3. The van der Waals surface area contributed by atoms with E-state index in [4.69, 9.17) is 0 Å². The van der Waals surface area contributed by atoms with Crippen LogP contribution in [-0.2, 0) is 27.7 Å². The predicted molar refractivity (Wildman–Crippen MR) is 157 cm³/mol. The molecular weight excluding hydrogens is 512 g/mol. The standard InChI is InChI=1S/C21H25.C9H18.C5H5.Zr/c1-6-7-8-18-16(5)15(4)11-20-19-10-14(3)13(2)9-17(19)12-21(18)20;1-3-5-7-9-8-6-4-2;1-2-4-5-3-1;/h9-12H,6-8H2,1-5H3;3-8H2,1-2H3;1-3H,4H2;. The van der Waals surface area contributed by atoms with E-state index in [0.29, 0.717) is 3.63 Å². The Labute approximate surface area is 229 Å². The van der Waals surface area contributed by atoms with Crippen LogP contribution in [0, 0.1) is 27.7 Å². The fraction of sp³-hybridized carbons (Fsp3) is 0.514. The van der Waals surface area contributed by atoms with Crippen molar-refractivity contribution in [2.45, 2.75) is 116 Å². The van der Waals surface area contributed by atoms with Gasteiger partial charge in [-0.1, -0.05) is 0 Å². The third kappa shape index (κ3) is 5.43. The zero-order valence-electron chi connectivity index (χ0n) is 24.1. The maximum atomic E-state index is 2.62. The first-order valence-corrected chi connectivity index (χ1v) is 18.6. The molecule has 0 aliphatic heterocycles. The van der Waals surface area contributed by atoms with Gasteiger partial charge in [-0.3, -0.25) is 0 Å². The van der Waals surface area contributed by atoms with Crippen LogP contribution in [0.25, 0.3) is 11.1 Å². The fourth-order valence-corrected chi connectivity index (χ4v) is 16.0. The average Bonchev–Trinajstić information content (AvgIpc) is 3.49. The molecule has 192 valence electrons. The van der Waals surface area contributed by atoms with E-state index in [9.17, 15) is 0 Å². The Morgan fingerprint density at radius 1 is 0.806 bits per heavy atom. The normalized spacial score (nSPS) is 15.8. The molecule has 0 amide bonds. The molecule has 0 saturated carbocycles. The van der Waals surface area contributed by atoms with Crippen LogP contribution in [0.15, 0.2) is 39.7 Å². The number of allylic oxidation sites excluding steroid dienone is 4. The van der Waals surface area contributed by atoms with Crippen LogP contribution in [0.5, 0.6) is 0 Å². The number of rotatable bonds is 11. The summed E-state index contributed by atoms with van der Waals surface area (Å²) < 4.78 is 4.51. The van der Waals surface area contributed by atoms with Gasteiger partial charge in [0.2, 0.25) is 0 Å². The van der Waals surface area contributed by atoms with Gasteiger partial charge in [0.25, 0.3) is 0 Å². The zero-order chi connectivity index (χ0) is 25.8. The summed E-state index contributed by atoms with van der Waals surface area (Å²) in [5.41, 5.74) is 14.3. The van der Waals surface area contributed by atoms with Gasteiger partial charge in [0.1, 0.15) is 0 Å². The fourth-order valence-electron chi connectivity index (χ4n) is 6.44. The third-order valence-electron chi connectivity index (χ3n) is 8.81. The van der Waals surface area contributed by atoms with Crippen LogP contribution >= 0.6 is 0 Å². The van der Waals surface area contributed by atoms with E-state index in [1.54, 1.807) is 33.4 Å². The van der Waals surface area contributed by atoms with Gasteiger partial charge >= 0.3 is 231 Å². The summed E-state index contributed by atoms with van der Waals surface area (Å²) in [5, 5.41) is 0. The van der Waals surface area contributed by atoms with Gasteiger partial charge in [0, 0.05) is 0 Å². The van der Waals surface area contributed by atoms with Gasteiger partial charge in [-0.25, -0.2) is 0 Å². The molecule has 0 aromatic heterocycles. The van der Waals surface area contributed by atoms with Gasteiger partial charge in [0.15, 0.2) is 0 Å². The Morgan fingerprint density at radius 3 is 2.06 bits per heavy atom. The Balaban J connectivity index is 2.06. The van der Waals surface area contributed by atoms with Crippen molar-refractivity contribution in [1.82, 2.24) is 0 Å². The van der Waals surface area contributed by atoms with Crippen molar-refractivity contribution in [2.75, 3.05) is 0 Å². The van der Waals surface area contributed by atoms with E-state index in [-0.39, 0.29) is 0 Å². The molecule has 2 aliphatic carbocycles. The van der Waals surface area contributed by atoms with Gasteiger partial charge in [-0.15, -0.1) is 0 Å². The second kappa shape index (κ2) is 12.5. The molecular formula is C35H48Zr. The van der Waals surface area contributed by atoms with Gasteiger partial charge in [-0.2, -0.15) is 0 Å². The number of benzene rings is 2. The summed E-state index contributed by atoms with van der Waals surface area (Å²) in [5.74, 6) is 0. The van der Waals surface area contributed by atoms with Crippen molar-refractivity contribution >= 4 is 3.21 Å². The van der Waals surface area contributed by atoms with Crippen molar-refractivity contribution in [3.63, 3.8) is 0 Å². The number of hydrogen-bond donors (Lipinski definition) is 0. The van der Waals surface area contributed by atoms with Crippen LogP contribution < -0.4 is 0 Å². The van der Waals surface area contributed by atoms with E-state index in [0.717, 1.165) is 0 Å². The molecule has 1 atom stereocenters. The third-order valence-corrected chi connectivity index (χ3v) is 17.4. The molecule has 0 N–H and O–H groups in total. The summed E-state index contributed by atoms with van der Waals surface area (Å²) in [4.78, 5) is 0. The van der Waals surface area contributed by atoms with Crippen molar-refractivity contribution in [3.8, 4) is 11.1 Å². The maximum absolute atomic E-state index is 2.62. The van der Waals surface area contributed by atoms with Crippen LogP contribution in [0.1, 0.15) is 121 Å². The quantitative estimate of drug-likeness (QED) is 0.257. The Hall–Kier alpha value is -1.33. The summed E-state index contributed by atoms with van der Waals surface area (Å²) in [6, 6.07) is 7.72. The second-order valence-corrected chi connectivity index (χ2v) is 18.1. The second-order valence-electron chi connectivity index (χ2n) is 11.4. The van der Waals surface area contributed by atoms with E-state index in [1.807, 2.05) is 6.49 Å². The summed E-state index contributed by atoms with van der Waals surface area (Å²) >= 11 is -2.21. The molecule has 0 nitrogen and oxygen atoms in total. The van der Waals surface area contributed by atoms with Crippen molar-refractivity contribution in [1.29, 1.82) is 0 Å². The molecule has 0 spiro atoms. The predicted octanol–water partition coefficient (Wildman–Crippen LogP) is 10.3. The minimum atomic E-state index is -2.21. The SMILES string of the molecule is CCCC[C](CCCC)=[Zr]([C]1=CC=CC1)[CH]1c2cc(C)c(C)cc2-c2cc(C)c(C)c(CCCC)c21. The first-order chi connectivity index (χ1) is 17.4. The molecule has 1 unspecified atom stereocenters. The molecule has 0 radical (unpaired) electrons. The average molecular weight is 560 g/mol. The molecule has 0 fully saturated rings. The van der Waals surface area contributed by atoms with E-state index >= 15 is 0 Å². The number of aryl methyl sites for hydroxylation is 3. The topological polar surface area (TPSA) is 0 Å². The van der Waals surface area contributed by atoms with E-state index < -0.39 is 21.3 Å². The van der Waals surface area contributed by atoms with Crippen LogP contribution in [0.2, 0.25) is 0 Å².